The van der Waals surface area contributed by atoms with Crippen molar-refractivity contribution in [1.82, 2.24) is 0 Å². The van der Waals surface area contributed by atoms with E-state index in [0.717, 1.165) is 0 Å². The predicted octanol–water partition coefficient (Wildman–Crippen LogP) is 3.58. The Morgan fingerprint density at radius 2 is 2.06 bits per heavy atom. The molecule has 0 spiro atoms. The molecule has 17 heavy (non-hydrogen) atoms. The highest BCUT2D eigenvalue weighted by Gasteiger charge is 2.31. The molecule has 0 saturated heterocycles. The molecule has 0 unspecified atom stereocenters. The average Bonchev–Trinajstić information content (AvgIpc) is 2.16. The number of rotatable bonds is 4. The first-order valence-electron chi connectivity index (χ1n) is 4.64. The monoisotopic (exact) mass is 267 g/mol. The number of hydrogen-bond acceptors (Lipinski definition) is 2. The molecule has 0 amide bonds. The van der Waals surface area contributed by atoms with E-state index in [1.54, 1.807) is 12.1 Å². The fourth-order valence-electron chi connectivity index (χ4n) is 1.26. The second kappa shape index (κ2) is 6.51. The van der Waals surface area contributed by atoms with Gasteiger partial charge in [0.25, 0.3) is 0 Å². The van der Waals surface area contributed by atoms with E-state index in [1.165, 1.54) is 18.2 Å². The number of ether oxygens (including phenoxy) is 1. The number of hydrogen-bond donors (Lipinski definition) is 1. The van der Waals surface area contributed by atoms with Crippen LogP contribution in [0.2, 0.25) is 0 Å². The van der Waals surface area contributed by atoms with E-state index < -0.39 is 6.36 Å². The van der Waals surface area contributed by atoms with Crippen molar-refractivity contribution in [2.75, 3.05) is 0 Å². The third-order valence-corrected chi connectivity index (χ3v) is 1.94. The van der Waals surface area contributed by atoms with Gasteiger partial charge in [-0.3, -0.25) is 0 Å². The summed E-state index contributed by atoms with van der Waals surface area (Å²) in [5.41, 5.74) is 6.31. The lowest BCUT2D eigenvalue weighted by Gasteiger charge is -2.13. The minimum absolute atomic E-state index is 0. The third kappa shape index (κ3) is 5.60. The molecule has 1 aromatic rings. The van der Waals surface area contributed by atoms with Gasteiger partial charge >= 0.3 is 6.36 Å². The van der Waals surface area contributed by atoms with Crippen molar-refractivity contribution >= 4 is 12.4 Å². The molecule has 6 heteroatoms. The largest absolute Gasteiger partial charge is 0.573 e. The Morgan fingerprint density at radius 1 is 1.41 bits per heavy atom. The lowest BCUT2D eigenvalue weighted by atomic mass is 10.0. The summed E-state index contributed by atoms with van der Waals surface area (Å²) >= 11 is 0. The molecule has 0 aliphatic heterocycles. The van der Waals surface area contributed by atoms with Crippen molar-refractivity contribution in [3.8, 4) is 5.75 Å². The number of benzene rings is 1. The molecule has 0 aromatic heterocycles. The zero-order valence-electron chi connectivity index (χ0n) is 8.91. The van der Waals surface area contributed by atoms with Crippen LogP contribution in [0.4, 0.5) is 13.2 Å². The summed E-state index contributed by atoms with van der Waals surface area (Å²) < 4.78 is 39.6. The van der Waals surface area contributed by atoms with Crippen LogP contribution in [0.1, 0.15) is 18.0 Å². The summed E-state index contributed by atoms with van der Waals surface area (Å²) in [5, 5.41) is 0. The van der Waals surface area contributed by atoms with E-state index >= 15 is 0 Å². The third-order valence-electron chi connectivity index (χ3n) is 1.94. The van der Waals surface area contributed by atoms with Crippen LogP contribution in [0.5, 0.6) is 5.75 Å². The van der Waals surface area contributed by atoms with Crippen molar-refractivity contribution in [2.45, 2.75) is 18.8 Å². The standard InChI is InChI=1S/C11H12F3NO.ClH/c1-2-4-10(15)8-5-3-6-9(7-8)16-11(12,13)14;/h2-3,5-7,10H,1,4,15H2;1H/t10-;/m1./s1. The van der Waals surface area contributed by atoms with Crippen LogP contribution in [-0.4, -0.2) is 6.36 Å². The smallest absolute Gasteiger partial charge is 0.406 e. The predicted molar refractivity (Wildman–Crippen MR) is 62.1 cm³/mol. The minimum atomic E-state index is -4.68. The second-order valence-corrected chi connectivity index (χ2v) is 3.25. The van der Waals surface area contributed by atoms with Gasteiger partial charge in [0.15, 0.2) is 0 Å². The highest BCUT2D eigenvalue weighted by Crippen LogP contribution is 2.25. The van der Waals surface area contributed by atoms with E-state index in [4.69, 9.17) is 5.73 Å². The van der Waals surface area contributed by atoms with E-state index in [0.29, 0.717) is 12.0 Å². The van der Waals surface area contributed by atoms with Crippen molar-refractivity contribution in [3.05, 3.63) is 42.5 Å². The molecule has 0 bridgehead atoms. The van der Waals surface area contributed by atoms with Crippen LogP contribution < -0.4 is 10.5 Å². The number of halogens is 4. The van der Waals surface area contributed by atoms with Crippen molar-refractivity contribution in [2.24, 2.45) is 5.73 Å². The zero-order chi connectivity index (χ0) is 12.2. The topological polar surface area (TPSA) is 35.2 Å². The first kappa shape index (κ1) is 15.8. The fraction of sp³-hybridized carbons (Fsp3) is 0.273. The van der Waals surface area contributed by atoms with Gasteiger partial charge in [0, 0.05) is 6.04 Å². The average molecular weight is 268 g/mol. The normalized spacial score (nSPS) is 12.5. The lowest BCUT2D eigenvalue weighted by molar-refractivity contribution is -0.274. The Hall–Kier alpha value is -1.20. The molecule has 0 fully saturated rings. The zero-order valence-corrected chi connectivity index (χ0v) is 9.72. The molecule has 1 aromatic carbocycles. The second-order valence-electron chi connectivity index (χ2n) is 3.25. The summed E-state index contributed by atoms with van der Waals surface area (Å²) in [6.07, 6.45) is -2.57. The SMILES string of the molecule is C=CC[C@@H](N)c1cccc(OC(F)(F)F)c1.Cl. The van der Waals surface area contributed by atoms with Gasteiger partial charge in [-0.25, -0.2) is 0 Å². The van der Waals surface area contributed by atoms with E-state index in [9.17, 15) is 13.2 Å². The van der Waals surface area contributed by atoms with Crippen LogP contribution >= 0.6 is 12.4 Å². The maximum absolute atomic E-state index is 12.0. The Labute approximate surface area is 104 Å². The minimum Gasteiger partial charge on any atom is -0.406 e. The molecule has 0 radical (unpaired) electrons. The molecular formula is C11H13ClF3NO. The lowest BCUT2D eigenvalue weighted by Crippen LogP contribution is -2.17. The summed E-state index contributed by atoms with van der Waals surface area (Å²) in [4.78, 5) is 0. The van der Waals surface area contributed by atoms with Gasteiger partial charge in [-0.05, 0) is 24.1 Å². The Bertz CT molecular complexity index is 368. The highest BCUT2D eigenvalue weighted by molar-refractivity contribution is 5.85. The first-order chi connectivity index (χ1) is 7.42. The van der Waals surface area contributed by atoms with Gasteiger partial charge < -0.3 is 10.5 Å². The Balaban J connectivity index is 0.00000256. The van der Waals surface area contributed by atoms with Gasteiger partial charge in [0.2, 0.25) is 0 Å². The first-order valence-corrected chi connectivity index (χ1v) is 4.64. The number of alkyl halides is 3. The van der Waals surface area contributed by atoms with Crippen molar-refractivity contribution in [1.29, 1.82) is 0 Å². The summed E-state index contributed by atoms with van der Waals surface area (Å²) in [7, 11) is 0. The summed E-state index contributed by atoms with van der Waals surface area (Å²) in [5.74, 6) is -0.260. The van der Waals surface area contributed by atoms with Crippen molar-refractivity contribution < 1.29 is 17.9 Å². The molecule has 2 nitrogen and oxygen atoms in total. The van der Waals surface area contributed by atoms with Crippen LogP contribution in [0.3, 0.4) is 0 Å². The van der Waals surface area contributed by atoms with E-state index in [2.05, 4.69) is 11.3 Å². The summed E-state index contributed by atoms with van der Waals surface area (Å²) in [6, 6.07) is 5.27. The summed E-state index contributed by atoms with van der Waals surface area (Å²) in [6.45, 7) is 3.52. The van der Waals surface area contributed by atoms with Crippen molar-refractivity contribution in [3.63, 3.8) is 0 Å². The molecule has 0 saturated carbocycles. The van der Waals surface area contributed by atoms with Gasteiger partial charge in [-0.1, -0.05) is 18.2 Å². The maximum atomic E-state index is 12.0. The van der Waals surface area contributed by atoms with Gasteiger partial charge in [0.1, 0.15) is 5.75 Å². The quantitative estimate of drug-likeness (QED) is 0.846. The van der Waals surface area contributed by atoms with E-state index in [-0.39, 0.29) is 24.2 Å². The van der Waals surface area contributed by atoms with Crippen LogP contribution in [0.15, 0.2) is 36.9 Å². The van der Waals surface area contributed by atoms with Crippen LogP contribution in [0, 0.1) is 0 Å². The molecule has 0 heterocycles. The molecular weight excluding hydrogens is 255 g/mol. The Kier molecular flexibility index (Phi) is 6.05. The molecule has 0 aliphatic rings. The molecule has 2 N–H and O–H groups in total. The van der Waals surface area contributed by atoms with Crippen LogP contribution in [-0.2, 0) is 0 Å². The van der Waals surface area contributed by atoms with Gasteiger partial charge in [-0.15, -0.1) is 32.2 Å². The molecule has 1 rings (SSSR count). The molecule has 0 aliphatic carbocycles. The van der Waals surface area contributed by atoms with Gasteiger partial charge in [0.05, 0.1) is 0 Å². The number of nitrogens with two attached hydrogens (primary N) is 1. The highest BCUT2D eigenvalue weighted by atomic mass is 35.5. The Morgan fingerprint density at radius 3 is 2.59 bits per heavy atom. The molecule has 1 atom stereocenters. The molecule has 96 valence electrons. The fourth-order valence-corrected chi connectivity index (χ4v) is 1.26. The van der Waals surface area contributed by atoms with E-state index in [1.807, 2.05) is 0 Å². The van der Waals surface area contributed by atoms with Gasteiger partial charge in [-0.2, -0.15) is 0 Å². The van der Waals surface area contributed by atoms with Crippen LogP contribution in [0.25, 0.3) is 0 Å². The maximum Gasteiger partial charge on any atom is 0.573 e.